The van der Waals surface area contributed by atoms with Gasteiger partial charge in [-0.15, -0.1) is 0 Å². The van der Waals surface area contributed by atoms with Crippen LogP contribution in [-0.4, -0.2) is 48.1 Å². The van der Waals surface area contributed by atoms with Crippen LogP contribution in [0.1, 0.15) is 31.4 Å². The summed E-state index contributed by atoms with van der Waals surface area (Å²) in [5.74, 6) is 0. The Hall–Kier alpha value is -1.11. The number of nitrogens with zero attached hydrogens (tertiary/aromatic N) is 2. The highest BCUT2D eigenvalue weighted by Crippen LogP contribution is 2.29. The monoisotopic (exact) mass is 329 g/mol. The van der Waals surface area contributed by atoms with E-state index in [1.54, 1.807) is 12.1 Å². The van der Waals surface area contributed by atoms with Crippen molar-refractivity contribution in [3.63, 3.8) is 0 Å². The molecule has 1 aromatic carbocycles. The van der Waals surface area contributed by atoms with Crippen molar-refractivity contribution in [2.75, 3.05) is 32.7 Å². The molecular weight excluding hydrogens is 303 g/mol. The lowest BCUT2D eigenvalue weighted by Crippen LogP contribution is -2.46. The summed E-state index contributed by atoms with van der Waals surface area (Å²) in [7, 11) is 0. The molecule has 0 aromatic heterocycles. The van der Waals surface area contributed by atoms with Crippen LogP contribution in [-0.2, 0) is 12.7 Å². The average Bonchev–Trinajstić information content (AvgIpc) is 2.62. The lowest BCUT2D eigenvalue weighted by atomic mass is 10.1. The van der Waals surface area contributed by atoms with Crippen molar-refractivity contribution < 1.29 is 13.2 Å². The standard InChI is InChI=1S/C17H26F3N3/c1-16(2,21)13-23-9-3-8-22(10-11-23)12-14-4-6-15(7-5-14)17(18,19)20/h4-7H,3,8-13,21H2,1-2H3. The summed E-state index contributed by atoms with van der Waals surface area (Å²) in [6.45, 7) is 9.44. The van der Waals surface area contributed by atoms with Crippen molar-refractivity contribution in [1.82, 2.24) is 9.80 Å². The van der Waals surface area contributed by atoms with Crippen LogP contribution in [0.2, 0.25) is 0 Å². The summed E-state index contributed by atoms with van der Waals surface area (Å²) < 4.78 is 37.8. The third-order valence-electron chi connectivity index (χ3n) is 4.00. The van der Waals surface area contributed by atoms with Gasteiger partial charge in [0.05, 0.1) is 5.56 Å². The van der Waals surface area contributed by atoms with Gasteiger partial charge in [0, 0.05) is 31.7 Å². The maximum atomic E-state index is 12.6. The third kappa shape index (κ3) is 6.12. The summed E-state index contributed by atoms with van der Waals surface area (Å²) in [4.78, 5) is 4.67. The molecule has 0 saturated carbocycles. The van der Waals surface area contributed by atoms with Crippen molar-refractivity contribution in [1.29, 1.82) is 0 Å². The molecule has 1 fully saturated rings. The molecule has 0 atom stereocenters. The predicted molar refractivity (Wildman–Crippen MR) is 86.0 cm³/mol. The zero-order valence-corrected chi connectivity index (χ0v) is 13.9. The summed E-state index contributed by atoms with van der Waals surface area (Å²) in [6.07, 6.45) is -3.21. The molecular formula is C17H26F3N3. The molecule has 0 amide bonds. The van der Waals surface area contributed by atoms with Crippen LogP contribution in [0.5, 0.6) is 0 Å². The van der Waals surface area contributed by atoms with Gasteiger partial charge in [0.2, 0.25) is 0 Å². The summed E-state index contributed by atoms with van der Waals surface area (Å²) in [5.41, 5.74) is 6.20. The number of hydrogen-bond donors (Lipinski definition) is 1. The summed E-state index contributed by atoms with van der Waals surface area (Å²) in [5, 5.41) is 0. The van der Waals surface area contributed by atoms with E-state index in [2.05, 4.69) is 9.80 Å². The second-order valence-corrected chi connectivity index (χ2v) is 7.09. The van der Waals surface area contributed by atoms with Crippen LogP contribution in [0, 0.1) is 0 Å². The predicted octanol–water partition coefficient (Wildman–Crippen LogP) is 2.95. The minimum atomic E-state index is -4.27. The number of hydrogen-bond acceptors (Lipinski definition) is 3. The number of halogens is 3. The average molecular weight is 329 g/mol. The van der Waals surface area contributed by atoms with Crippen LogP contribution in [0.25, 0.3) is 0 Å². The van der Waals surface area contributed by atoms with Crippen LogP contribution in [0.4, 0.5) is 13.2 Å². The third-order valence-corrected chi connectivity index (χ3v) is 4.00. The van der Waals surface area contributed by atoms with Gasteiger partial charge in [0.25, 0.3) is 0 Å². The van der Waals surface area contributed by atoms with E-state index in [9.17, 15) is 13.2 Å². The number of nitrogens with two attached hydrogens (primary N) is 1. The molecule has 0 radical (unpaired) electrons. The van der Waals surface area contributed by atoms with Crippen LogP contribution in [0.15, 0.2) is 24.3 Å². The Balaban J connectivity index is 1.89. The first-order valence-corrected chi connectivity index (χ1v) is 8.03. The first kappa shape index (κ1) is 18.2. The molecule has 1 aliphatic heterocycles. The van der Waals surface area contributed by atoms with Crippen molar-refractivity contribution in [3.05, 3.63) is 35.4 Å². The molecule has 1 aromatic rings. The smallest absolute Gasteiger partial charge is 0.324 e. The fraction of sp³-hybridized carbons (Fsp3) is 0.647. The minimum absolute atomic E-state index is 0.206. The van der Waals surface area contributed by atoms with E-state index in [0.29, 0.717) is 6.54 Å². The lowest BCUT2D eigenvalue weighted by molar-refractivity contribution is -0.137. The Bertz CT molecular complexity index is 491. The van der Waals surface area contributed by atoms with Crippen molar-refractivity contribution in [2.45, 2.75) is 38.5 Å². The second kappa shape index (κ2) is 7.20. The van der Waals surface area contributed by atoms with Crippen molar-refractivity contribution in [2.24, 2.45) is 5.73 Å². The van der Waals surface area contributed by atoms with Crippen LogP contribution in [0.3, 0.4) is 0 Å². The summed E-state index contributed by atoms with van der Waals surface area (Å²) >= 11 is 0. The second-order valence-electron chi connectivity index (χ2n) is 7.09. The molecule has 0 spiro atoms. The molecule has 2 rings (SSSR count). The number of rotatable bonds is 4. The summed E-state index contributed by atoms with van der Waals surface area (Å²) in [6, 6.07) is 5.48. The Labute approximate surface area is 136 Å². The molecule has 3 nitrogen and oxygen atoms in total. The molecule has 0 bridgehead atoms. The maximum absolute atomic E-state index is 12.6. The fourth-order valence-electron chi connectivity index (χ4n) is 2.97. The van der Waals surface area contributed by atoms with Gasteiger partial charge in [-0.3, -0.25) is 4.90 Å². The molecule has 1 heterocycles. The van der Waals surface area contributed by atoms with Gasteiger partial charge in [0.1, 0.15) is 0 Å². The molecule has 1 aliphatic rings. The van der Waals surface area contributed by atoms with E-state index in [1.807, 2.05) is 13.8 Å². The Morgan fingerprint density at radius 1 is 0.957 bits per heavy atom. The molecule has 2 N–H and O–H groups in total. The van der Waals surface area contributed by atoms with Gasteiger partial charge in [-0.05, 0) is 51.1 Å². The van der Waals surface area contributed by atoms with E-state index >= 15 is 0 Å². The molecule has 6 heteroatoms. The van der Waals surface area contributed by atoms with Crippen LogP contribution < -0.4 is 5.73 Å². The topological polar surface area (TPSA) is 32.5 Å². The first-order chi connectivity index (χ1) is 10.6. The van der Waals surface area contributed by atoms with E-state index in [4.69, 9.17) is 5.73 Å². The van der Waals surface area contributed by atoms with Gasteiger partial charge in [-0.1, -0.05) is 12.1 Å². The van der Waals surface area contributed by atoms with Crippen LogP contribution >= 0.6 is 0 Å². The van der Waals surface area contributed by atoms with E-state index < -0.39 is 11.7 Å². The number of benzene rings is 1. The highest BCUT2D eigenvalue weighted by atomic mass is 19.4. The fourth-order valence-corrected chi connectivity index (χ4v) is 2.97. The van der Waals surface area contributed by atoms with Gasteiger partial charge in [-0.25, -0.2) is 0 Å². The highest BCUT2D eigenvalue weighted by molar-refractivity contribution is 5.24. The highest BCUT2D eigenvalue weighted by Gasteiger charge is 2.30. The van der Waals surface area contributed by atoms with Gasteiger partial charge in [0.15, 0.2) is 0 Å². The van der Waals surface area contributed by atoms with Crippen molar-refractivity contribution >= 4 is 0 Å². The van der Waals surface area contributed by atoms with E-state index in [-0.39, 0.29) is 5.54 Å². The number of alkyl halides is 3. The maximum Gasteiger partial charge on any atom is 0.416 e. The SMILES string of the molecule is CC(C)(N)CN1CCCN(Cc2ccc(C(F)(F)F)cc2)CC1. The quantitative estimate of drug-likeness (QED) is 0.922. The van der Waals surface area contributed by atoms with Crippen molar-refractivity contribution in [3.8, 4) is 0 Å². The van der Waals surface area contributed by atoms with Gasteiger partial charge >= 0.3 is 6.18 Å². The Morgan fingerprint density at radius 3 is 2.09 bits per heavy atom. The van der Waals surface area contributed by atoms with Gasteiger partial charge < -0.3 is 10.6 Å². The molecule has 0 unspecified atom stereocenters. The zero-order chi connectivity index (χ0) is 17.1. The minimum Gasteiger partial charge on any atom is -0.324 e. The largest absolute Gasteiger partial charge is 0.416 e. The molecule has 1 saturated heterocycles. The van der Waals surface area contributed by atoms with Gasteiger partial charge in [-0.2, -0.15) is 13.2 Å². The molecule has 130 valence electrons. The van der Waals surface area contributed by atoms with E-state index in [1.165, 1.54) is 0 Å². The Morgan fingerprint density at radius 2 is 1.52 bits per heavy atom. The first-order valence-electron chi connectivity index (χ1n) is 8.03. The molecule has 23 heavy (non-hydrogen) atoms. The van der Waals surface area contributed by atoms with E-state index in [0.717, 1.165) is 56.8 Å². The Kier molecular flexibility index (Phi) is 5.70. The zero-order valence-electron chi connectivity index (χ0n) is 13.9. The lowest BCUT2D eigenvalue weighted by Gasteiger charge is -2.28. The molecule has 0 aliphatic carbocycles. The normalized spacial score (nSPS) is 18.9.